The first-order valence-electron chi connectivity index (χ1n) is 9.09. The van der Waals surface area contributed by atoms with Crippen molar-refractivity contribution in [3.05, 3.63) is 34.2 Å². The Kier molecular flexibility index (Phi) is 4.77. The first kappa shape index (κ1) is 18.1. The Morgan fingerprint density at radius 1 is 1.24 bits per heavy atom. The van der Waals surface area contributed by atoms with Crippen molar-refractivity contribution in [1.82, 2.24) is 14.4 Å². The molecule has 2 heterocycles. The number of carbonyl (C=O) groups excluding carboxylic acids is 1. The van der Waals surface area contributed by atoms with Crippen molar-refractivity contribution in [1.29, 1.82) is 0 Å². The summed E-state index contributed by atoms with van der Waals surface area (Å²) in [6.45, 7) is 1.95. The lowest BCUT2D eigenvalue weighted by Crippen LogP contribution is -2.60. The lowest BCUT2D eigenvalue weighted by molar-refractivity contribution is -0.139. The topological polar surface area (TPSA) is 65.8 Å². The molecule has 6 heteroatoms. The molecule has 0 aromatic carbocycles. The molecule has 1 aromatic rings. The third kappa shape index (κ3) is 3.25. The third-order valence-corrected chi connectivity index (χ3v) is 6.10. The Balaban J connectivity index is 1.93. The van der Waals surface area contributed by atoms with Crippen LogP contribution in [0.1, 0.15) is 42.5 Å². The predicted octanol–water partition coefficient (Wildman–Crippen LogP) is 1.18. The van der Waals surface area contributed by atoms with Gasteiger partial charge in [0.2, 0.25) is 0 Å². The van der Waals surface area contributed by atoms with Gasteiger partial charge in [-0.3, -0.25) is 9.59 Å². The molecule has 1 aliphatic heterocycles. The number of aliphatic hydroxyl groups is 1. The molecule has 0 bridgehead atoms. The standard InChI is InChI=1S/C19H29N3O3/c1-20(2)17(24)15-6-7-16(23)22(12-15)14-19(25)10-11-21(3)13-18(19)8-4-5-9-18/h6-7,12,25H,4-5,8-11,13-14H2,1-3H3. The maximum Gasteiger partial charge on any atom is 0.254 e. The summed E-state index contributed by atoms with van der Waals surface area (Å²) in [5.74, 6) is -0.139. The number of hydrogen-bond acceptors (Lipinski definition) is 4. The van der Waals surface area contributed by atoms with Gasteiger partial charge in [-0.05, 0) is 32.4 Å². The van der Waals surface area contributed by atoms with E-state index in [-0.39, 0.29) is 23.4 Å². The number of likely N-dealkylation sites (tertiary alicyclic amines) is 1. The zero-order chi connectivity index (χ0) is 18.2. The maximum atomic E-state index is 12.4. The predicted molar refractivity (Wildman–Crippen MR) is 96.7 cm³/mol. The molecule has 1 N–H and O–H groups in total. The Morgan fingerprint density at radius 2 is 1.92 bits per heavy atom. The van der Waals surface area contributed by atoms with Crippen LogP contribution in [0.2, 0.25) is 0 Å². The summed E-state index contributed by atoms with van der Waals surface area (Å²) in [7, 11) is 5.48. The van der Waals surface area contributed by atoms with Crippen molar-refractivity contribution in [2.45, 2.75) is 44.2 Å². The molecule has 1 spiro atoms. The molecule has 2 fully saturated rings. The van der Waals surface area contributed by atoms with E-state index in [1.165, 1.54) is 15.5 Å². The summed E-state index contributed by atoms with van der Waals surface area (Å²) in [6.07, 6.45) is 6.51. The molecule has 1 saturated carbocycles. The van der Waals surface area contributed by atoms with Crippen LogP contribution >= 0.6 is 0 Å². The van der Waals surface area contributed by atoms with Crippen LogP contribution in [0.15, 0.2) is 23.1 Å². The fourth-order valence-electron chi connectivity index (χ4n) is 4.63. The summed E-state index contributed by atoms with van der Waals surface area (Å²) in [6, 6.07) is 2.99. The second kappa shape index (κ2) is 6.57. The number of amides is 1. The van der Waals surface area contributed by atoms with Crippen LogP contribution in [0.3, 0.4) is 0 Å². The highest BCUT2D eigenvalue weighted by atomic mass is 16.3. The van der Waals surface area contributed by atoms with Gasteiger partial charge in [-0.2, -0.15) is 0 Å². The van der Waals surface area contributed by atoms with Crippen molar-refractivity contribution in [2.24, 2.45) is 5.41 Å². The Bertz CT molecular complexity index is 706. The molecule has 1 atom stereocenters. The van der Waals surface area contributed by atoms with E-state index in [0.717, 1.165) is 38.8 Å². The van der Waals surface area contributed by atoms with E-state index >= 15 is 0 Å². The molecule has 1 saturated heterocycles. The van der Waals surface area contributed by atoms with Gasteiger partial charge >= 0.3 is 0 Å². The minimum Gasteiger partial charge on any atom is -0.387 e. The van der Waals surface area contributed by atoms with Gasteiger partial charge in [-0.1, -0.05) is 12.8 Å². The van der Waals surface area contributed by atoms with E-state index in [1.54, 1.807) is 26.4 Å². The molecular weight excluding hydrogens is 318 g/mol. The molecule has 0 radical (unpaired) electrons. The van der Waals surface area contributed by atoms with E-state index in [2.05, 4.69) is 11.9 Å². The summed E-state index contributed by atoms with van der Waals surface area (Å²) < 4.78 is 1.53. The molecule has 1 aliphatic carbocycles. The summed E-state index contributed by atoms with van der Waals surface area (Å²) >= 11 is 0. The smallest absolute Gasteiger partial charge is 0.254 e. The quantitative estimate of drug-likeness (QED) is 0.892. The van der Waals surface area contributed by atoms with Crippen LogP contribution in [-0.4, -0.2) is 65.2 Å². The van der Waals surface area contributed by atoms with Gasteiger partial charge in [0.15, 0.2) is 0 Å². The van der Waals surface area contributed by atoms with Crippen LogP contribution in [0, 0.1) is 5.41 Å². The fraction of sp³-hybridized carbons (Fsp3) is 0.684. The molecule has 1 aromatic heterocycles. The maximum absolute atomic E-state index is 12.4. The van der Waals surface area contributed by atoms with Gasteiger partial charge in [-0.25, -0.2) is 0 Å². The highest BCUT2D eigenvalue weighted by molar-refractivity contribution is 5.93. The molecular formula is C19H29N3O3. The average Bonchev–Trinajstić information content (AvgIpc) is 3.03. The van der Waals surface area contributed by atoms with E-state index in [4.69, 9.17) is 0 Å². The molecule has 1 amide bonds. The largest absolute Gasteiger partial charge is 0.387 e. The number of aromatic nitrogens is 1. The van der Waals surface area contributed by atoms with E-state index < -0.39 is 5.60 Å². The van der Waals surface area contributed by atoms with Crippen LogP contribution < -0.4 is 5.56 Å². The molecule has 6 nitrogen and oxygen atoms in total. The lowest BCUT2D eigenvalue weighted by atomic mass is 9.66. The number of nitrogens with zero attached hydrogens (tertiary/aromatic N) is 3. The molecule has 25 heavy (non-hydrogen) atoms. The van der Waals surface area contributed by atoms with E-state index in [1.807, 2.05) is 0 Å². The second-order valence-electron chi connectivity index (χ2n) is 8.09. The number of rotatable bonds is 3. The van der Waals surface area contributed by atoms with Crippen molar-refractivity contribution in [3.63, 3.8) is 0 Å². The minimum atomic E-state index is -0.903. The summed E-state index contributed by atoms with van der Waals surface area (Å²) in [5, 5.41) is 11.6. The van der Waals surface area contributed by atoms with E-state index in [0.29, 0.717) is 12.0 Å². The van der Waals surface area contributed by atoms with Gasteiger partial charge in [0.25, 0.3) is 11.5 Å². The summed E-state index contributed by atoms with van der Waals surface area (Å²) in [5.41, 5.74) is -0.752. The van der Waals surface area contributed by atoms with Gasteiger partial charge in [0.05, 0.1) is 17.7 Å². The fourth-order valence-corrected chi connectivity index (χ4v) is 4.63. The molecule has 3 rings (SSSR count). The van der Waals surface area contributed by atoms with Crippen molar-refractivity contribution >= 4 is 5.91 Å². The van der Waals surface area contributed by atoms with Gasteiger partial charge in [0, 0.05) is 44.9 Å². The van der Waals surface area contributed by atoms with Crippen LogP contribution in [-0.2, 0) is 6.54 Å². The number of carbonyl (C=O) groups is 1. The van der Waals surface area contributed by atoms with Crippen LogP contribution in [0.5, 0.6) is 0 Å². The number of hydrogen-bond donors (Lipinski definition) is 1. The lowest BCUT2D eigenvalue weighted by Gasteiger charge is -2.51. The third-order valence-electron chi connectivity index (χ3n) is 6.10. The van der Waals surface area contributed by atoms with Crippen molar-refractivity contribution in [3.8, 4) is 0 Å². The SMILES string of the molecule is CN1CCC(O)(Cn2cc(C(=O)N(C)C)ccc2=O)C2(CCCC2)C1. The Labute approximate surface area is 149 Å². The minimum absolute atomic E-state index is 0.139. The number of pyridine rings is 1. The Hall–Kier alpha value is -1.66. The molecule has 2 aliphatic rings. The van der Waals surface area contributed by atoms with Gasteiger partial charge in [0.1, 0.15) is 0 Å². The first-order valence-corrected chi connectivity index (χ1v) is 9.09. The van der Waals surface area contributed by atoms with Crippen molar-refractivity contribution in [2.75, 3.05) is 34.2 Å². The van der Waals surface area contributed by atoms with Gasteiger partial charge in [-0.15, -0.1) is 0 Å². The molecule has 1 unspecified atom stereocenters. The van der Waals surface area contributed by atoms with Crippen LogP contribution in [0.25, 0.3) is 0 Å². The normalized spacial score (nSPS) is 26.1. The average molecular weight is 347 g/mol. The van der Waals surface area contributed by atoms with Crippen LogP contribution in [0.4, 0.5) is 0 Å². The second-order valence-corrected chi connectivity index (χ2v) is 8.09. The first-order chi connectivity index (χ1) is 11.8. The molecule has 138 valence electrons. The summed E-state index contributed by atoms with van der Waals surface area (Å²) in [4.78, 5) is 28.4. The van der Waals surface area contributed by atoms with Crippen molar-refractivity contribution < 1.29 is 9.90 Å². The van der Waals surface area contributed by atoms with E-state index in [9.17, 15) is 14.7 Å². The highest BCUT2D eigenvalue weighted by Crippen LogP contribution is 2.51. The zero-order valence-electron chi connectivity index (χ0n) is 15.5. The zero-order valence-corrected chi connectivity index (χ0v) is 15.5. The Morgan fingerprint density at radius 3 is 2.56 bits per heavy atom. The van der Waals surface area contributed by atoms with Gasteiger partial charge < -0.3 is 19.5 Å². The number of piperidine rings is 1. The monoisotopic (exact) mass is 347 g/mol. The highest BCUT2D eigenvalue weighted by Gasteiger charge is 2.54.